The molecule has 0 aliphatic heterocycles. The quantitative estimate of drug-likeness (QED) is 0.829. The summed E-state index contributed by atoms with van der Waals surface area (Å²) in [6.45, 7) is 3.99. The van der Waals surface area contributed by atoms with E-state index in [4.69, 9.17) is 5.73 Å². The van der Waals surface area contributed by atoms with Gasteiger partial charge < -0.3 is 10.6 Å². The van der Waals surface area contributed by atoms with Crippen molar-refractivity contribution in [2.75, 3.05) is 19.6 Å². The van der Waals surface area contributed by atoms with Crippen molar-refractivity contribution in [3.63, 3.8) is 0 Å². The first-order valence-corrected chi connectivity index (χ1v) is 7.56. The summed E-state index contributed by atoms with van der Waals surface area (Å²) in [5.41, 5.74) is 6.09. The molecule has 0 aromatic rings. The number of amides is 1. The van der Waals surface area contributed by atoms with Gasteiger partial charge in [-0.3, -0.25) is 4.79 Å². The summed E-state index contributed by atoms with van der Waals surface area (Å²) in [6.07, 6.45) is 8.51. The van der Waals surface area contributed by atoms with E-state index in [2.05, 4.69) is 0 Å². The average Bonchev–Trinajstić information content (AvgIpc) is 2.26. The normalized spacial score (nSPS) is 41.1. The highest BCUT2D eigenvalue weighted by molar-refractivity contribution is 5.73. The number of hydrogen-bond acceptors (Lipinski definition) is 2. The lowest BCUT2D eigenvalue weighted by atomic mass is 9.49. The Labute approximate surface area is 110 Å². The van der Waals surface area contributed by atoms with E-state index in [0.717, 1.165) is 30.8 Å². The Morgan fingerprint density at radius 1 is 1.17 bits per heavy atom. The summed E-state index contributed by atoms with van der Waals surface area (Å²) in [4.78, 5) is 13.7. The Morgan fingerprint density at radius 2 is 1.67 bits per heavy atom. The number of nitrogens with two attached hydrogens (primary N) is 1. The number of carbonyl (C=O) groups is 1. The van der Waals surface area contributed by atoms with Crippen LogP contribution >= 0.6 is 0 Å². The van der Waals surface area contributed by atoms with Crippen molar-refractivity contribution in [3.05, 3.63) is 0 Å². The van der Waals surface area contributed by atoms with E-state index in [1.54, 1.807) is 6.92 Å². The van der Waals surface area contributed by atoms with Crippen molar-refractivity contribution in [1.82, 2.24) is 4.90 Å². The van der Waals surface area contributed by atoms with E-state index < -0.39 is 0 Å². The second-order valence-corrected chi connectivity index (χ2v) is 7.15. The zero-order valence-corrected chi connectivity index (χ0v) is 11.5. The van der Waals surface area contributed by atoms with Gasteiger partial charge >= 0.3 is 0 Å². The van der Waals surface area contributed by atoms with Crippen LogP contribution in [0, 0.1) is 23.2 Å². The van der Waals surface area contributed by atoms with Crippen LogP contribution in [0.1, 0.15) is 45.4 Å². The monoisotopic (exact) mass is 250 g/mol. The van der Waals surface area contributed by atoms with E-state index in [0.29, 0.717) is 12.0 Å². The van der Waals surface area contributed by atoms with Crippen LogP contribution < -0.4 is 5.73 Å². The molecular weight excluding hydrogens is 224 g/mol. The zero-order valence-electron chi connectivity index (χ0n) is 11.5. The van der Waals surface area contributed by atoms with Gasteiger partial charge in [0.15, 0.2) is 0 Å². The maximum absolute atomic E-state index is 11.7. The molecule has 18 heavy (non-hydrogen) atoms. The maximum Gasteiger partial charge on any atom is 0.219 e. The van der Waals surface area contributed by atoms with Gasteiger partial charge in [0.05, 0.1) is 0 Å². The Kier molecular flexibility index (Phi) is 3.13. The van der Waals surface area contributed by atoms with Crippen LogP contribution in [0.15, 0.2) is 0 Å². The lowest BCUT2D eigenvalue weighted by molar-refractivity contribution is -0.134. The smallest absolute Gasteiger partial charge is 0.219 e. The minimum Gasteiger partial charge on any atom is -0.341 e. The number of hydrogen-bond donors (Lipinski definition) is 1. The molecule has 4 rings (SSSR count). The van der Waals surface area contributed by atoms with Crippen molar-refractivity contribution in [2.24, 2.45) is 28.9 Å². The molecule has 3 nitrogen and oxygen atoms in total. The van der Waals surface area contributed by atoms with E-state index >= 15 is 0 Å². The molecular formula is C15H26N2O. The maximum atomic E-state index is 11.7. The largest absolute Gasteiger partial charge is 0.341 e. The molecule has 4 aliphatic carbocycles. The Bertz CT molecular complexity index is 304. The standard InChI is InChI=1S/C15H26N2O/c1-11(18)17(3-2-16)10-15-7-12-4-13(8-15)6-14(5-12)9-15/h12-14H,2-10,16H2,1H3. The third-order valence-electron chi connectivity index (χ3n) is 5.54. The Morgan fingerprint density at radius 3 is 2.06 bits per heavy atom. The molecule has 0 unspecified atom stereocenters. The summed E-state index contributed by atoms with van der Waals surface area (Å²) < 4.78 is 0. The zero-order chi connectivity index (χ0) is 12.8. The highest BCUT2D eigenvalue weighted by Gasteiger charge is 2.51. The summed E-state index contributed by atoms with van der Waals surface area (Å²) in [5, 5.41) is 0. The minimum atomic E-state index is 0.205. The predicted octanol–water partition coefficient (Wildman–Crippen LogP) is 2.01. The first-order valence-electron chi connectivity index (χ1n) is 7.56. The van der Waals surface area contributed by atoms with E-state index in [-0.39, 0.29) is 5.91 Å². The molecule has 0 saturated heterocycles. The van der Waals surface area contributed by atoms with Crippen LogP contribution in [-0.4, -0.2) is 30.4 Å². The first kappa shape index (κ1) is 12.5. The lowest BCUT2D eigenvalue weighted by Gasteiger charge is -2.57. The molecule has 0 heterocycles. The molecule has 0 atom stereocenters. The van der Waals surface area contributed by atoms with Gasteiger partial charge in [0, 0.05) is 26.6 Å². The molecule has 0 radical (unpaired) electrons. The van der Waals surface area contributed by atoms with Crippen LogP contribution in [0.25, 0.3) is 0 Å². The molecule has 1 amide bonds. The van der Waals surface area contributed by atoms with Crippen LogP contribution in [0.5, 0.6) is 0 Å². The van der Waals surface area contributed by atoms with Crippen LogP contribution in [0.4, 0.5) is 0 Å². The molecule has 4 bridgehead atoms. The van der Waals surface area contributed by atoms with Crippen LogP contribution in [0.3, 0.4) is 0 Å². The van der Waals surface area contributed by atoms with Crippen molar-refractivity contribution < 1.29 is 4.79 Å². The molecule has 4 aliphatic rings. The molecule has 102 valence electrons. The van der Waals surface area contributed by atoms with E-state index in [1.807, 2.05) is 4.90 Å². The Hall–Kier alpha value is -0.570. The van der Waals surface area contributed by atoms with Gasteiger partial charge in [-0.1, -0.05) is 0 Å². The average molecular weight is 250 g/mol. The number of rotatable bonds is 4. The second-order valence-electron chi connectivity index (χ2n) is 7.15. The minimum absolute atomic E-state index is 0.205. The van der Waals surface area contributed by atoms with Crippen molar-refractivity contribution in [2.45, 2.75) is 45.4 Å². The molecule has 4 fully saturated rings. The van der Waals surface area contributed by atoms with Crippen LogP contribution in [-0.2, 0) is 4.79 Å². The Balaban J connectivity index is 1.72. The topological polar surface area (TPSA) is 46.3 Å². The third-order valence-corrected chi connectivity index (χ3v) is 5.54. The van der Waals surface area contributed by atoms with Gasteiger partial charge in [0.2, 0.25) is 5.91 Å². The van der Waals surface area contributed by atoms with E-state index in [9.17, 15) is 4.79 Å². The number of carbonyl (C=O) groups excluding carboxylic acids is 1. The van der Waals surface area contributed by atoms with Crippen molar-refractivity contribution in [1.29, 1.82) is 0 Å². The molecule has 4 saturated carbocycles. The second kappa shape index (κ2) is 4.52. The van der Waals surface area contributed by atoms with Crippen molar-refractivity contribution >= 4 is 5.91 Å². The fourth-order valence-electron chi connectivity index (χ4n) is 5.39. The molecule has 3 heteroatoms. The van der Waals surface area contributed by atoms with Gasteiger partial charge in [0.25, 0.3) is 0 Å². The summed E-state index contributed by atoms with van der Waals surface area (Å²) in [7, 11) is 0. The summed E-state index contributed by atoms with van der Waals surface area (Å²) >= 11 is 0. The van der Waals surface area contributed by atoms with Gasteiger partial charge in [-0.15, -0.1) is 0 Å². The third kappa shape index (κ3) is 2.18. The van der Waals surface area contributed by atoms with Gasteiger partial charge in [-0.05, 0) is 61.7 Å². The SMILES string of the molecule is CC(=O)N(CCN)CC12CC3CC(CC(C3)C1)C2. The molecule has 0 aromatic heterocycles. The summed E-state index contributed by atoms with van der Waals surface area (Å²) in [6, 6.07) is 0. The fourth-order valence-corrected chi connectivity index (χ4v) is 5.39. The van der Waals surface area contributed by atoms with Crippen molar-refractivity contribution in [3.8, 4) is 0 Å². The molecule has 0 spiro atoms. The fraction of sp³-hybridized carbons (Fsp3) is 0.933. The number of nitrogens with zero attached hydrogens (tertiary/aromatic N) is 1. The predicted molar refractivity (Wildman–Crippen MR) is 71.9 cm³/mol. The molecule has 2 N–H and O–H groups in total. The highest BCUT2D eigenvalue weighted by atomic mass is 16.2. The van der Waals surface area contributed by atoms with Crippen LogP contribution in [0.2, 0.25) is 0 Å². The van der Waals surface area contributed by atoms with Gasteiger partial charge in [-0.2, -0.15) is 0 Å². The van der Waals surface area contributed by atoms with Gasteiger partial charge in [0.1, 0.15) is 0 Å². The van der Waals surface area contributed by atoms with E-state index in [1.165, 1.54) is 38.5 Å². The summed E-state index contributed by atoms with van der Waals surface area (Å²) in [5.74, 6) is 3.09. The lowest BCUT2D eigenvalue weighted by Crippen LogP contribution is -2.52. The highest BCUT2D eigenvalue weighted by Crippen LogP contribution is 2.60. The van der Waals surface area contributed by atoms with Gasteiger partial charge in [-0.25, -0.2) is 0 Å². The first-order chi connectivity index (χ1) is 8.60. The molecule has 0 aromatic carbocycles.